The van der Waals surface area contributed by atoms with Crippen molar-refractivity contribution >= 4 is 10.0 Å². The standard InChI is InChI=1S/C8H18N2O2S/c1-7(2)8-4-10(5-8)6-13(11,12)9-3/h7-9H,4-6H2,1-3H3. The van der Waals surface area contributed by atoms with Gasteiger partial charge in [-0.25, -0.2) is 13.1 Å². The molecule has 1 N–H and O–H groups in total. The second kappa shape index (κ2) is 3.94. The van der Waals surface area contributed by atoms with Gasteiger partial charge in [0.15, 0.2) is 0 Å². The fourth-order valence-corrected chi connectivity index (χ4v) is 2.26. The van der Waals surface area contributed by atoms with Crippen LogP contribution < -0.4 is 4.72 Å². The summed E-state index contributed by atoms with van der Waals surface area (Å²) in [6.07, 6.45) is 0. The van der Waals surface area contributed by atoms with Crippen molar-refractivity contribution < 1.29 is 8.42 Å². The van der Waals surface area contributed by atoms with Crippen LogP contribution in [0.4, 0.5) is 0 Å². The predicted octanol–water partition coefficient (Wildman–Crippen LogP) is 0.0809. The molecule has 0 spiro atoms. The quantitative estimate of drug-likeness (QED) is 0.709. The number of rotatable bonds is 4. The van der Waals surface area contributed by atoms with Crippen molar-refractivity contribution in [2.24, 2.45) is 11.8 Å². The van der Waals surface area contributed by atoms with Crippen molar-refractivity contribution in [3.05, 3.63) is 0 Å². The average molecular weight is 206 g/mol. The van der Waals surface area contributed by atoms with Crippen LogP contribution in [0.3, 0.4) is 0 Å². The highest BCUT2D eigenvalue weighted by Gasteiger charge is 2.31. The molecule has 0 atom stereocenters. The number of nitrogens with one attached hydrogen (secondary N) is 1. The van der Waals surface area contributed by atoms with Crippen LogP contribution in [0.1, 0.15) is 13.8 Å². The van der Waals surface area contributed by atoms with Gasteiger partial charge in [0.1, 0.15) is 5.88 Å². The minimum Gasteiger partial charge on any atom is -0.288 e. The molecule has 1 fully saturated rings. The SMILES string of the molecule is CNS(=O)(=O)CN1CC(C(C)C)C1. The van der Waals surface area contributed by atoms with Gasteiger partial charge in [0.05, 0.1) is 0 Å². The van der Waals surface area contributed by atoms with Crippen molar-refractivity contribution in [2.45, 2.75) is 13.8 Å². The lowest BCUT2D eigenvalue weighted by molar-refractivity contribution is 0.0874. The Balaban J connectivity index is 2.30. The first-order valence-electron chi connectivity index (χ1n) is 4.58. The molecule has 0 aromatic carbocycles. The summed E-state index contributed by atoms with van der Waals surface area (Å²) in [5.74, 6) is 1.48. The Morgan fingerprint density at radius 1 is 1.46 bits per heavy atom. The number of hydrogen-bond donors (Lipinski definition) is 1. The van der Waals surface area contributed by atoms with Gasteiger partial charge in [-0.15, -0.1) is 0 Å². The molecule has 4 nitrogen and oxygen atoms in total. The number of likely N-dealkylation sites (tertiary alicyclic amines) is 1. The highest BCUT2D eigenvalue weighted by molar-refractivity contribution is 7.89. The Labute approximate surface area is 80.4 Å². The van der Waals surface area contributed by atoms with Crippen LogP contribution in [0, 0.1) is 11.8 Å². The molecular formula is C8H18N2O2S. The van der Waals surface area contributed by atoms with Crippen LogP contribution in [0.15, 0.2) is 0 Å². The summed E-state index contributed by atoms with van der Waals surface area (Å²) in [5.41, 5.74) is 0. The molecule has 0 radical (unpaired) electrons. The topological polar surface area (TPSA) is 49.4 Å². The number of sulfonamides is 1. The van der Waals surface area contributed by atoms with E-state index in [9.17, 15) is 8.42 Å². The largest absolute Gasteiger partial charge is 0.288 e. The Bertz CT molecular complexity index is 255. The van der Waals surface area contributed by atoms with Crippen molar-refractivity contribution in [2.75, 3.05) is 26.0 Å². The summed E-state index contributed by atoms with van der Waals surface area (Å²) in [6, 6.07) is 0. The van der Waals surface area contributed by atoms with E-state index in [2.05, 4.69) is 18.6 Å². The fourth-order valence-electron chi connectivity index (χ4n) is 1.44. The van der Waals surface area contributed by atoms with Crippen LogP contribution in [0.2, 0.25) is 0 Å². The smallest absolute Gasteiger partial charge is 0.224 e. The van der Waals surface area contributed by atoms with Gasteiger partial charge < -0.3 is 0 Å². The van der Waals surface area contributed by atoms with Gasteiger partial charge in [0.25, 0.3) is 0 Å². The Morgan fingerprint density at radius 2 is 2.00 bits per heavy atom. The Hall–Kier alpha value is -0.130. The van der Waals surface area contributed by atoms with E-state index in [1.54, 1.807) is 0 Å². The van der Waals surface area contributed by atoms with E-state index in [0.717, 1.165) is 13.1 Å². The third-order valence-corrected chi connectivity index (χ3v) is 3.92. The van der Waals surface area contributed by atoms with Gasteiger partial charge in [0.2, 0.25) is 10.0 Å². The van der Waals surface area contributed by atoms with Gasteiger partial charge in [-0.1, -0.05) is 13.8 Å². The third-order valence-electron chi connectivity index (χ3n) is 2.59. The molecule has 1 rings (SSSR count). The van der Waals surface area contributed by atoms with Crippen molar-refractivity contribution in [3.8, 4) is 0 Å². The molecule has 1 heterocycles. The van der Waals surface area contributed by atoms with E-state index in [1.807, 2.05) is 4.90 Å². The maximum Gasteiger partial charge on any atom is 0.224 e. The van der Waals surface area contributed by atoms with Gasteiger partial charge in [-0.05, 0) is 18.9 Å². The zero-order valence-corrected chi connectivity index (χ0v) is 9.26. The number of hydrogen-bond acceptors (Lipinski definition) is 3. The average Bonchev–Trinajstić information content (AvgIpc) is 1.95. The second-order valence-corrected chi connectivity index (χ2v) is 5.88. The summed E-state index contributed by atoms with van der Waals surface area (Å²) in [6.45, 7) is 6.18. The molecule has 0 aromatic heterocycles. The molecule has 0 aromatic rings. The molecule has 1 aliphatic heterocycles. The normalized spacial score (nSPS) is 20.6. The summed E-state index contributed by atoms with van der Waals surface area (Å²) in [5, 5.41) is 0. The molecule has 0 saturated carbocycles. The molecule has 13 heavy (non-hydrogen) atoms. The lowest BCUT2D eigenvalue weighted by Crippen LogP contribution is -2.51. The lowest BCUT2D eigenvalue weighted by Gasteiger charge is -2.41. The van der Waals surface area contributed by atoms with Crippen LogP contribution in [-0.4, -0.2) is 39.3 Å². The third kappa shape index (κ3) is 2.93. The monoisotopic (exact) mass is 206 g/mol. The summed E-state index contributed by atoms with van der Waals surface area (Å²) in [4.78, 5) is 1.95. The molecule has 0 bridgehead atoms. The summed E-state index contributed by atoms with van der Waals surface area (Å²) in [7, 11) is -1.60. The summed E-state index contributed by atoms with van der Waals surface area (Å²) >= 11 is 0. The Morgan fingerprint density at radius 3 is 2.38 bits per heavy atom. The van der Waals surface area contributed by atoms with Crippen molar-refractivity contribution in [3.63, 3.8) is 0 Å². The summed E-state index contributed by atoms with van der Waals surface area (Å²) < 4.78 is 24.6. The van der Waals surface area contributed by atoms with Crippen molar-refractivity contribution in [1.82, 2.24) is 9.62 Å². The van der Waals surface area contributed by atoms with E-state index < -0.39 is 10.0 Å². The van der Waals surface area contributed by atoms with Gasteiger partial charge in [0, 0.05) is 13.1 Å². The molecule has 1 saturated heterocycles. The first-order valence-corrected chi connectivity index (χ1v) is 6.23. The minimum atomic E-state index is -3.05. The highest BCUT2D eigenvalue weighted by Crippen LogP contribution is 2.23. The van der Waals surface area contributed by atoms with Crippen LogP contribution in [0.25, 0.3) is 0 Å². The maximum atomic E-state index is 11.1. The maximum absolute atomic E-state index is 11.1. The van der Waals surface area contributed by atoms with Crippen LogP contribution >= 0.6 is 0 Å². The highest BCUT2D eigenvalue weighted by atomic mass is 32.2. The second-order valence-electron chi connectivity index (χ2n) is 3.99. The first kappa shape index (κ1) is 10.9. The van der Waals surface area contributed by atoms with E-state index in [4.69, 9.17) is 0 Å². The van der Waals surface area contributed by atoms with Crippen molar-refractivity contribution in [1.29, 1.82) is 0 Å². The predicted molar refractivity (Wildman–Crippen MR) is 52.7 cm³/mol. The lowest BCUT2D eigenvalue weighted by atomic mass is 9.89. The minimum absolute atomic E-state index is 0.146. The van der Waals surface area contributed by atoms with Crippen LogP contribution in [-0.2, 0) is 10.0 Å². The zero-order chi connectivity index (χ0) is 10.1. The molecular weight excluding hydrogens is 188 g/mol. The first-order chi connectivity index (χ1) is 5.94. The Kier molecular flexibility index (Phi) is 3.32. The van der Waals surface area contributed by atoms with E-state index in [1.165, 1.54) is 7.05 Å². The molecule has 5 heteroatoms. The van der Waals surface area contributed by atoms with E-state index in [-0.39, 0.29) is 5.88 Å². The van der Waals surface area contributed by atoms with Gasteiger partial charge in [-0.3, -0.25) is 4.90 Å². The van der Waals surface area contributed by atoms with E-state index >= 15 is 0 Å². The molecule has 0 amide bonds. The molecule has 0 aliphatic carbocycles. The van der Waals surface area contributed by atoms with Gasteiger partial charge >= 0.3 is 0 Å². The van der Waals surface area contributed by atoms with Gasteiger partial charge in [-0.2, -0.15) is 0 Å². The molecule has 1 aliphatic rings. The van der Waals surface area contributed by atoms with E-state index in [0.29, 0.717) is 11.8 Å². The van der Waals surface area contributed by atoms with Crippen LogP contribution in [0.5, 0.6) is 0 Å². The fraction of sp³-hybridized carbons (Fsp3) is 1.00. The molecule has 0 unspecified atom stereocenters. The zero-order valence-electron chi connectivity index (χ0n) is 8.45. The molecule has 78 valence electrons. The number of nitrogens with zero attached hydrogens (tertiary/aromatic N) is 1.